The molecule has 0 aliphatic carbocycles. The maximum Gasteiger partial charge on any atom is 0.225 e. The Kier molecular flexibility index (Phi) is 11.5. The zero-order valence-electron chi connectivity index (χ0n) is 34.2. The van der Waals surface area contributed by atoms with Crippen molar-refractivity contribution >= 4 is 44.6 Å². The molecule has 304 valence electrons. The number of hydrogen-bond donors (Lipinski definition) is 6. The van der Waals surface area contributed by atoms with Crippen LogP contribution in [0.5, 0.6) is 23.3 Å². The summed E-state index contributed by atoms with van der Waals surface area (Å²) in [6.07, 6.45) is 0. The molecule has 0 spiro atoms. The van der Waals surface area contributed by atoms with Crippen LogP contribution >= 0.6 is 0 Å². The minimum atomic E-state index is -0.300. The highest BCUT2D eigenvalue weighted by atomic mass is 16.3. The van der Waals surface area contributed by atoms with Crippen LogP contribution in [0.25, 0.3) is 33.2 Å². The Morgan fingerprint density at radius 2 is 0.933 bits per heavy atom. The summed E-state index contributed by atoms with van der Waals surface area (Å²) < 4.78 is 3.53. The maximum atomic E-state index is 11.1. The van der Waals surface area contributed by atoms with E-state index >= 15 is 0 Å². The van der Waals surface area contributed by atoms with Gasteiger partial charge in [0.1, 0.15) is 22.9 Å². The molecule has 8 aromatic rings. The van der Waals surface area contributed by atoms with Gasteiger partial charge in [-0.15, -0.1) is 20.5 Å². The van der Waals surface area contributed by atoms with Gasteiger partial charge in [-0.05, 0) is 135 Å². The number of nitrogens with zero attached hydrogens (tertiary/aromatic N) is 6. The number of aromatic nitrogens is 2. The van der Waals surface area contributed by atoms with Gasteiger partial charge in [-0.25, -0.2) is 0 Å². The van der Waals surface area contributed by atoms with Crippen LogP contribution in [0, 0.1) is 41.5 Å². The van der Waals surface area contributed by atoms with E-state index in [1.165, 1.54) is 6.07 Å². The molecule has 0 fully saturated rings. The second-order valence-electron chi connectivity index (χ2n) is 15.1. The van der Waals surface area contributed by atoms with Crippen LogP contribution in [0.15, 0.2) is 130 Å². The smallest absolute Gasteiger partial charge is 0.225 e. The Labute approximate surface area is 347 Å². The lowest BCUT2D eigenvalue weighted by Gasteiger charge is -2.10. The fourth-order valence-corrected chi connectivity index (χ4v) is 7.36. The summed E-state index contributed by atoms with van der Waals surface area (Å²) in [5.74, 6) is -0.256. The number of rotatable bonds is 8. The highest BCUT2D eigenvalue weighted by Gasteiger charge is 2.21. The first-order valence-corrected chi connectivity index (χ1v) is 19.3. The lowest BCUT2D eigenvalue weighted by molar-refractivity contribution is 0.275. The monoisotopic (exact) mass is 802 g/mol. The molecule has 60 heavy (non-hydrogen) atoms. The Morgan fingerprint density at radius 3 is 1.38 bits per heavy atom. The van der Waals surface area contributed by atoms with Crippen LogP contribution in [-0.2, 0) is 13.2 Å². The van der Waals surface area contributed by atoms with Crippen LogP contribution in [0.3, 0.4) is 0 Å². The molecule has 2 heterocycles. The van der Waals surface area contributed by atoms with Crippen LogP contribution in [-0.4, -0.2) is 39.8 Å². The summed E-state index contributed by atoms with van der Waals surface area (Å²) in [4.78, 5) is 0. The van der Waals surface area contributed by atoms with E-state index in [1.54, 1.807) is 39.5 Å². The second kappa shape index (κ2) is 16.9. The molecule has 0 amide bonds. The summed E-state index contributed by atoms with van der Waals surface area (Å²) in [6, 6.07) is 33.5. The Hall–Kier alpha value is -7.28. The fourth-order valence-electron chi connectivity index (χ4n) is 7.36. The van der Waals surface area contributed by atoms with E-state index in [9.17, 15) is 30.6 Å². The zero-order chi connectivity index (χ0) is 42.8. The summed E-state index contributed by atoms with van der Waals surface area (Å²) in [7, 11) is 0. The molecule has 12 heteroatoms. The number of aliphatic hydroxyl groups excluding tert-OH is 2. The molecule has 2 aromatic heterocycles. The van der Waals surface area contributed by atoms with Crippen molar-refractivity contribution in [2.75, 3.05) is 0 Å². The summed E-state index contributed by atoms with van der Waals surface area (Å²) in [6.45, 7) is 11.6. The SMILES string of the molecule is Cc1cc(C)cc(-n2c(O)c(N=Nc3ccc(CO)cc3O)c3ccc(C)cc32)c1.Cc1cc(C)cc(-n2c(O)c(N=Nc3cccc(CO)c3O)c3ccc(C)cc32)c1. The first-order valence-electron chi connectivity index (χ1n) is 19.3. The van der Waals surface area contributed by atoms with E-state index in [1.807, 2.05) is 102 Å². The van der Waals surface area contributed by atoms with Gasteiger partial charge in [0.2, 0.25) is 11.8 Å². The molecule has 0 saturated heterocycles. The van der Waals surface area contributed by atoms with Gasteiger partial charge in [0.15, 0.2) is 11.4 Å². The number of para-hydroxylation sites is 1. The lowest BCUT2D eigenvalue weighted by atomic mass is 10.1. The summed E-state index contributed by atoms with van der Waals surface area (Å²) >= 11 is 0. The number of phenolic OH excluding ortho intramolecular Hbond substituents is 1. The highest BCUT2D eigenvalue weighted by Crippen LogP contribution is 2.44. The molecule has 0 aliphatic heterocycles. The molecule has 8 rings (SSSR count). The first kappa shape index (κ1) is 40.9. The quantitative estimate of drug-likeness (QED) is 0.0831. The Bertz CT molecular complexity index is 2940. The predicted molar refractivity (Wildman–Crippen MR) is 235 cm³/mol. The van der Waals surface area contributed by atoms with Crippen molar-refractivity contribution in [3.05, 3.63) is 154 Å². The van der Waals surface area contributed by atoms with Crippen LogP contribution in [0.1, 0.15) is 44.5 Å². The van der Waals surface area contributed by atoms with E-state index < -0.39 is 0 Å². The van der Waals surface area contributed by atoms with Crippen molar-refractivity contribution in [2.45, 2.75) is 54.8 Å². The third-order valence-electron chi connectivity index (χ3n) is 10.1. The van der Waals surface area contributed by atoms with Crippen LogP contribution < -0.4 is 0 Å². The average molecular weight is 803 g/mol. The molecular weight excluding hydrogens is 757 g/mol. The minimum Gasteiger partial charge on any atom is -0.506 e. The number of azo groups is 2. The van der Waals surface area contributed by atoms with Crippen LogP contribution in [0.4, 0.5) is 22.7 Å². The number of aromatic hydroxyl groups is 4. The number of hydrogen-bond acceptors (Lipinski definition) is 10. The van der Waals surface area contributed by atoms with E-state index in [4.69, 9.17) is 0 Å². The standard InChI is InChI=1S/2C24H23N3O3/c1-14-4-6-19-21(11-14)27(18-9-15(2)8-16(3)10-18)24(30)23(19)26-25-20-7-5-17(13-28)12-22(20)29;1-14-7-8-19-21(12-14)27(18-10-15(2)9-16(3)11-18)24(30)22(19)26-25-20-6-4-5-17(13-28)23(20)29/h2*4-12,28-30H,13H2,1-3H3. The van der Waals surface area contributed by atoms with E-state index in [0.29, 0.717) is 22.5 Å². The molecule has 6 aromatic carbocycles. The number of aryl methyl sites for hydroxylation is 6. The molecule has 6 N–H and O–H groups in total. The molecule has 0 aliphatic rings. The third-order valence-corrected chi connectivity index (χ3v) is 10.1. The second-order valence-corrected chi connectivity index (χ2v) is 15.1. The number of phenols is 2. The third kappa shape index (κ3) is 8.19. The zero-order valence-corrected chi connectivity index (χ0v) is 34.2. The largest absolute Gasteiger partial charge is 0.506 e. The molecule has 0 bridgehead atoms. The van der Waals surface area contributed by atoms with Crippen molar-refractivity contribution in [2.24, 2.45) is 20.5 Å². The van der Waals surface area contributed by atoms with Gasteiger partial charge in [0.25, 0.3) is 0 Å². The van der Waals surface area contributed by atoms with E-state index in [0.717, 1.165) is 66.6 Å². The maximum absolute atomic E-state index is 11.1. The number of fused-ring (bicyclic) bond motifs is 2. The average Bonchev–Trinajstić information content (AvgIpc) is 3.63. The van der Waals surface area contributed by atoms with Gasteiger partial charge >= 0.3 is 0 Å². The highest BCUT2D eigenvalue weighted by molar-refractivity contribution is 5.98. The molecule has 0 saturated carbocycles. The Morgan fingerprint density at radius 1 is 0.450 bits per heavy atom. The fraction of sp³-hybridized carbons (Fsp3) is 0.167. The van der Waals surface area contributed by atoms with Gasteiger partial charge < -0.3 is 30.6 Å². The minimum absolute atomic E-state index is 0.0178. The van der Waals surface area contributed by atoms with Crippen molar-refractivity contribution in [3.8, 4) is 34.6 Å². The van der Waals surface area contributed by atoms with Crippen molar-refractivity contribution < 1.29 is 30.6 Å². The predicted octanol–water partition coefficient (Wildman–Crippen LogP) is 11.7. The van der Waals surface area contributed by atoms with Gasteiger partial charge in [0.05, 0.1) is 24.2 Å². The van der Waals surface area contributed by atoms with E-state index in [2.05, 4.69) is 32.6 Å². The Balaban J connectivity index is 0.000000181. The molecule has 0 unspecified atom stereocenters. The summed E-state index contributed by atoms with van der Waals surface area (Å²) in [5.41, 5.74) is 11.9. The molecule has 12 nitrogen and oxygen atoms in total. The first-order chi connectivity index (χ1) is 28.8. The number of aliphatic hydroxyl groups is 2. The molecule has 0 radical (unpaired) electrons. The lowest BCUT2D eigenvalue weighted by Crippen LogP contribution is -1.95. The van der Waals surface area contributed by atoms with Crippen LogP contribution in [0.2, 0.25) is 0 Å². The molecular formula is C48H46N6O6. The van der Waals surface area contributed by atoms with E-state index in [-0.39, 0.29) is 47.8 Å². The topological polar surface area (TPSA) is 181 Å². The normalized spacial score (nSPS) is 11.6. The van der Waals surface area contributed by atoms with Crippen molar-refractivity contribution in [1.29, 1.82) is 0 Å². The molecule has 0 atom stereocenters. The van der Waals surface area contributed by atoms with Gasteiger partial charge in [-0.1, -0.05) is 54.6 Å². The van der Waals surface area contributed by atoms with Gasteiger partial charge in [0, 0.05) is 27.7 Å². The van der Waals surface area contributed by atoms with Crippen molar-refractivity contribution in [3.63, 3.8) is 0 Å². The van der Waals surface area contributed by atoms with Crippen molar-refractivity contribution in [1.82, 2.24) is 9.13 Å². The van der Waals surface area contributed by atoms with Gasteiger partial charge in [-0.2, -0.15) is 0 Å². The van der Waals surface area contributed by atoms with Gasteiger partial charge in [-0.3, -0.25) is 9.13 Å². The number of benzene rings is 6. The summed E-state index contributed by atoms with van der Waals surface area (Å²) in [5, 5.41) is 79.4.